The van der Waals surface area contributed by atoms with Crippen LogP contribution in [-0.4, -0.2) is 15.5 Å². The van der Waals surface area contributed by atoms with E-state index in [-0.39, 0.29) is 12.5 Å². The number of amides is 1. The molecule has 0 atom stereocenters. The summed E-state index contributed by atoms with van der Waals surface area (Å²) in [5.74, 6) is 1.37. The number of aromatic nitrogens is 2. The molecule has 0 radical (unpaired) electrons. The zero-order valence-corrected chi connectivity index (χ0v) is 12.9. The van der Waals surface area contributed by atoms with Gasteiger partial charge in [0.1, 0.15) is 17.9 Å². The van der Waals surface area contributed by atoms with E-state index in [4.69, 9.17) is 11.5 Å². The highest BCUT2D eigenvalue weighted by atomic mass is 16.1. The van der Waals surface area contributed by atoms with Crippen LogP contribution < -0.4 is 11.5 Å². The second kappa shape index (κ2) is 6.38. The van der Waals surface area contributed by atoms with Crippen molar-refractivity contribution in [2.75, 3.05) is 5.73 Å². The second-order valence-electron chi connectivity index (χ2n) is 6.34. The molecule has 5 nitrogen and oxygen atoms in total. The number of nitrogen functional groups attached to an aromatic ring is 1. The number of anilines is 1. The fraction of sp³-hybridized carbons (Fsp3) is 0.529. The van der Waals surface area contributed by atoms with Crippen molar-refractivity contribution in [3.05, 3.63) is 24.0 Å². The van der Waals surface area contributed by atoms with Gasteiger partial charge in [-0.15, -0.1) is 0 Å². The van der Waals surface area contributed by atoms with Crippen LogP contribution in [-0.2, 0) is 17.8 Å². The van der Waals surface area contributed by atoms with Gasteiger partial charge in [0, 0.05) is 6.42 Å². The van der Waals surface area contributed by atoms with Crippen LogP contribution in [0.4, 0.5) is 5.69 Å². The molecule has 118 valence electrons. The first kappa shape index (κ1) is 14.9. The Morgan fingerprint density at radius 1 is 1.27 bits per heavy atom. The number of nitrogens with zero attached hydrogens (tertiary/aromatic N) is 2. The number of aryl methyl sites for hydroxylation is 1. The standard InChI is InChI=1S/C17H24N4O/c18-13-7-4-8-14-17(13)20-16(21(14)11-15(19)22)10-9-12-5-2-1-3-6-12/h4,7-8,12H,1-3,5-6,9-11,18H2,(H2,19,22). The van der Waals surface area contributed by atoms with Gasteiger partial charge in [0.25, 0.3) is 0 Å². The summed E-state index contributed by atoms with van der Waals surface area (Å²) in [4.78, 5) is 16.1. The first-order chi connectivity index (χ1) is 10.6. The molecule has 4 N–H and O–H groups in total. The molecule has 3 rings (SSSR count). The number of fused-ring (bicyclic) bond motifs is 1. The lowest BCUT2D eigenvalue weighted by Gasteiger charge is -2.21. The van der Waals surface area contributed by atoms with Gasteiger partial charge in [-0.05, 0) is 24.5 Å². The van der Waals surface area contributed by atoms with Gasteiger partial charge in [0.05, 0.1) is 11.2 Å². The summed E-state index contributed by atoms with van der Waals surface area (Å²) in [6, 6.07) is 5.68. The summed E-state index contributed by atoms with van der Waals surface area (Å²) in [7, 11) is 0. The van der Waals surface area contributed by atoms with Crippen molar-refractivity contribution in [2.24, 2.45) is 11.7 Å². The average molecular weight is 300 g/mol. The van der Waals surface area contributed by atoms with E-state index in [1.807, 2.05) is 22.8 Å². The highest BCUT2D eigenvalue weighted by molar-refractivity contribution is 5.88. The van der Waals surface area contributed by atoms with Crippen LogP contribution in [0, 0.1) is 5.92 Å². The Balaban J connectivity index is 1.86. The lowest BCUT2D eigenvalue weighted by Crippen LogP contribution is -2.20. The molecule has 0 spiro atoms. The Bertz CT molecular complexity index is 671. The Kier molecular flexibility index (Phi) is 4.32. The Morgan fingerprint density at radius 2 is 2.05 bits per heavy atom. The van der Waals surface area contributed by atoms with Gasteiger partial charge in [0.15, 0.2) is 0 Å². The average Bonchev–Trinajstić information content (AvgIpc) is 2.85. The molecule has 0 bridgehead atoms. The van der Waals surface area contributed by atoms with Crippen LogP contribution in [0.1, 0.15) is 44.3 Å². The highest BCUT2D eigenvalue weighted by Crippen LogP contribution is 2.28. The number of para-hydroxylation sites is 1. The summed E-state index contributed by atoms with van der Waals surface area (Å²) in [5, 5.41) is 0. The first-order valence-corrected chi connectivity index (χ1v) is 8.17. The molecule has 0 unspecified atom stereocenters. The van der Waals surface area contributed by atoms with Crippen LogP contribution in [0.15, 0.2) is 18.2 Å². The lowest BCUT2D eigenvalue weighted by molar-refractivity contribution is -0.118. The second-order valence-corrected chi connectivity index (χ2v) is 6.34. The number of primary amides is 1. The summed E-state index contributed by atoms with van der Waals surface area (Å²) in [5.41, 5.74) is 13.8. The molecule has 5 heteroatoms. The Hall–Kier alpha value is -2.04. The van der Waals surface area contributed by atoms with Crippen molar-refractivity contribution in [1.82, 2.24) is 9.55 Å². The van der Waals surface area contributed by atoms with E-state index in [0.29, 0.717) is 5.69 Å². The number of benzene rings is 1. The largest absolute Gasteiger partial charge is 0.397 e. The SMILES string of the molecule is NC(=O)Cn1c(CCC2CCCCC2)nc2c(N)cccc21. The quantitative estimate of drug-likeness (QED) is 0.832. The third-order valence-electron chi connectivity index (χ3n) is 4.70. The third-order valence-corrected chi connectivity index (χ3v) is 4.70. The summed E-state index contributed by atoms with van der Waals surface area (Å²) in [6.07, 6.45) is 8.70. The minimum Gasteiger partial charge on any atom is -0.397 e. The van der Waals surface area contributed by atoms with Crippen LogP contribution >= 0.6 is 0 Å². The number of carbonyl (C=O) groups excluding carboxylic acids is 1. The van der Waals surface area contributed by atoms with E-state index in [0.717, 1.165) is 35.6 Å². The first-order valence-electron chi connectivity index (χ1n) is 8.17. The number of hydrogen-bond donors (Lipinski definition) is 2. The van der Waals surface area contributed by atoms with Crippen LogP contribution in [0.25, 0.3) is 11.0 Å². The molecule has 1 saturated carbocycles. The maximum absolute atomic E-state index is 11.4. The van der Waals surface area contributed by atoms with E-state index in [1.54, 1.807) is 0 Å². The fourth-order valence-electron chi connectivity index (χ4n) is 3.55. The molecule has 1 fully saturated rings. The minimum absolute atomic E-state index is 0.167. The number of hydrogen-bond acceptors (Lipinski definition) is 3. The van der Waals surface area contributed by atoms with E-state index in [2.05, 4.69) is 4.98 Å². The van der Waals surface area contributed by atoms with Crippen molar-refractivity contribution in [3.63, 3.8) is 0 Å². The van der Waals surface area contributed by atoms with E-state index in [1.165, 1.54) is 32.1 Å². The van der Waals surface area contributed by atoms with Crippen LogP contribution in [0.2, 0.25) is 0 Å². The van der Waals surface area contributed by atoms with Crippen molar-refractivity contribution in [1.29, 1.82) is 0 Å². The van der Waals surface area contributed by atoms with E-state index < -0.39 is 0 Å². The monoisotopic (exact) mass is 300 g/mol. The molecule has 2 aromatic rings. The van der Waals surface area contributed by atoms with Gasteiger partial charge in [-0.25, -0.2) is 4.98 Å². The number of nitrogens with two attached hydrogens (primary N) is 2. The predicted octanol–water partition coefficient (Wildman–Crippen LogP) is 2.62. The molecule has 22 heavy (non-hydrogen) atoms. The topological polar surface area (TPSA) is 86.9 Å². The Morgan fingerprint density at radius 3 is 2.77 bits per heavy atom. The van der Waals surface area contributed by atoms with Crippen molar-refractivity contribution in [2.45, 2.75) is 51.5 Å². The zero-order valence-electron chi connectivity index (χ0n) is 12.9. The maximum atomic E-state index is 11.4. The van der Waals surface area contributed by atoms with E-state index >= 15 is 0 Å². The number of rotatable bonds is 5. The molecule has 1 amide bonds. The van der Waals surface area contributed by atoms with E-state index in [9.17, 15) is 4.79 Å². The Labute approximate surface area is 130 Å². The van der Waals surface area contributed by atoms with Crippen molar-refractivity contribution < 1.29 is 4.79 Å². The fourth-order valence-corrected chi connectivity index (χ4v) is 3.55. The highest BCUT2D eigenvalue weighted by Gasteiger charge is 2.17. The van der Waals surface area contributed by atoms with Crippen molar-refractivity contribution >= 4 is 22.6 Å². The molecule has 0 saturated heterocycles. The molecule has 1 aliphatic carbocycles. The minimum atomic E-state index is -0.347. The third kappa shape index (κ3) is 3.08. The molecule has 0 aliphatic heterocycles. The van der Waals surface area contributed by atoms with Gasteiger partial charge < -0.3 is 16.0 Å². The van der Waals surface area contributed by atoms with Gasteiger partial charge >= 0.3 is 0 Å². The zero-order chi connectivity index (χ0) is 15.5. The molecular formula is C17H24N4O. The summed E-state index contributed by atoms with van der Waals surface area (Å²) < 4.78 is 1.93. The number of imidazole rings is 1. The van der Waals surface area contributed by atoms with Crippen molar-refractivity contribution in [3.8, 4) is 0 Å². The summed E-state index contributed by atoms with van der Waals surface area (Å²) >= 11 is 0. The van der Waals surface area contributed by atoms with Gasteiger partial charge in [-0.1, -0.05) is 38.2 Å². The van der Waals surface area contributed by atoms with Crippen LogP contribution in [0.5, 0.6) is 0 Å². The normalized spacial score (nSPS) is 16.2. The molecule has 1 heterocycles. The maximum Gasteiger partial charge on any atom is 0.237 e. The molecule has 1 aromatic carbocycles. The number of carbonyl (C=O) groups is 1. The molecule has 1 aromatic heterocycles. The predicted molar refractivity (Wildman–Crippen MR) is 88.2 cm³/mol. The van der Waals surface area contributed by atoms with Gasteiger partial charge in [-0.3, -0.25) is 4.79 Å². The summed E-state index contributed by atoms with van der Waals surface area (Å²) in [6.45, 7) is 0.167. The van der Waals surface area contributed by atoms with Gasteiger partial charge in [-0.2, -0.15) is 0 Å². The van der Waals surface area contributed by atoms with Gasteiger partial charge in [0.2, 0.25) is 5.91 Å². The smallest absolute Gasteiger partial charge is 0.237 e. The molecular weight excluding hydrogens is 276 g/mol. The lowest BCUT2D eigenvalue weighted by atomic mass is 9.86. The molecule has 1 aliphatic rings. The van der Waals surface area contributed by atoms with Crippen LogP contribution in [0.3, 0.4) is 0 Å².